The molecular formula is C38H36ClN5O. The van der Waals surface area contributed by atoms with Crippen LogP contribution in [0.15, 0.2) is 97.2 Å². The highest BCUT2D eigenvalue weighted by Crippen LogP contribution is 2.36. The lowest BCUT2D eigenvalue weighted by molar-refractivity contribution is 0.122. The van der Waals surface area contributed by atoms with Gasteiger partial charge in [-0.25, -0.2) is 0 Å². The number of benzene rings is 4. The molecule has 0 atom stereocenters. The Hall–Kier alpha value is -4.41. The van der Waals surface area contributed by atoms with E-state index in [2.05, 4.69) is 62.6 Å². The SMILES string of the molecule is N#Cc1cnc2cc(-c3cccc(CN4CCC(N5CCCC5)CC4)c3)ccc2c1Nc1ccc(Oc2ccccc2)c(Cl)c1. The average Bonchev–Trinajstić information content (AvgIpc) is 3.62. The predicted molar refractivity (Wildman–Crippen MR) is 182 cm³/mol. The minimum absolute atomic E-state index is 0.464. The number of fused-ring (bicyclic) bond motifs is 1. The van der Waals surface area contributed by atoms with E-state index in [-0.39, 0.29) is 0 Å². The number of nitrogens with one attached hydrogen (secondary N) is 1. The molecule has 1 N–H and O–H groups in total. The number of hydrogen-bond donors (Lipinski definition) is 1. The minimum Gasteiger partial charge on any atom is -0.456 e. The summed E-state index contributed by atoms with van der Waals surface area (Å²) in [5.41, 5.74) is 6.34. The van der Waals surface area contributed by atoms with E-state index < -0.39 is 0 Å². The second kappa shape index (κ2) is 13.3. The molecule has 5 aromatic rings. The van der Waals surface area contributed by atoms with Gasteiger partial charge in [0.15, 0.2) is 0 Å². The molecule has 6 nitrogen and oxygen atoms in total. The molecule has 1 aromatic heterocycles. The topological polar surface area (TPSA) is 64.4 Å². The van der Waals surface area contributed by atoms with Crippen LogP contribution in [-0.2, 0) is 6.54 Å². The molecule has 7 rings (SSSR count). The highest BCUT2D eigenvalue weighted by atomic mass is 35.5. The first kappa shape index (κ1) is 29.3. The normalized spacial score (nSPS) is 16.1. The van der Waals surface area contributed by atoms with Gasteiger partial charge in [0.25, 0.3) is 0 Å². The van der Waals surface area contributed by atoms with Crippen LogP contribution in [0.2, 0.25) is 5.02 Å². The van der Waals surface area contributed by atoms with Crippen molar-refractivity contribution in [3.05, 3.63) is 113 Å². The van der Waals surface area contributed by atoms with Gasteiger partial charge >= 0.3 is 0 Å². The van der Waals surface area contributed by atoms with Crippen LogP contribution in [0.5, 0.6) is 11.5 Å². The second-order valence-corrected chi connectivity index (χ2v) is 12.4. The molecule has 45 heavy (non-hydrogen) atoms. The van der Waals surface area contributed by atoms with Crippen LogP contribution in [0, 0.1) is 11.3 Å². The molecule has 3 heterocycles. The molecule has 0 spiro atoms. The number of halogens is 1. The van der Waals surface area contributed by atoms with Gasteiger partial charge in [0, 0.05) is 29.9 Å². The van der Waals surface area contributed by atoms with E-state index in [0.29, 0.717) is 27.8 Å². The Labute approximate surface area is 269 Å². The van der Waals surface area contributed by atoms with E-state index in [1.807, 2.05) is 54.6 Å². The number of piperidine rings is 1. The highest BCUT2D eigenvalue weighted by Gasteiger charge is 2.26. The van der Waals surface area contributed by atoms with Gasteiger partial charge < -0.3 is 15.0 Å². The molecule has 0 saturated carbocycles. The van der Waals surface area contributed by atoms with Crippen LogP contribution in [-0.4, -0.2) is 47.0 Å². The Balaban J connectivity index is 1.08. The summed E-state index contributed by atoms with van der Waals surface area (Å²) in [5, 5.41) is 14.7. The molecule has 7 heteroatoms. The summed E-state index contributed by atoms with van der Waals surface area (Å²) in [4.78, 5) is 9.96. The van der Waals surface area contributed by atoms with Crippen molar-refractivity contribution in [2.45, 2.75) is 38.3 Å². The predicted octanol–water partition coefficient (Wildman–Crippen LogP) is 9.02. The standard InChI is InChI=1S/C38H36ClN5O/c39-35-23-31(12-14-37(35)45-33-9-2-1-3-10-33)42-38-30(24-40)25-41-36-22-29(11-13-34(36)38)28-8-6-7-27(21-28)26-43-19-15-32(16-20-43)44-17-4-5-18-44/h1-3,6-14,21-23,25,32H,4-5,15-20,26H2,(H,41,42). The van der Waals surface area contributed by atoms with Crippen molar-refractivity contribution in [1.82, 2.24) is 14.8 Å². The van der Waals surface area contributed by atoms with Crippen LogP contribution in [0.4, 0.5) is 11.4 Å². The zero-order chi connectivity index (χ0) is 30.6. The largest absolute Gasteiger partial charge is 0.456 e. The summed E-state index contributed by atoms with van der Waals surface area (Å²) in [6.07, 6.45) is 6.90. The molecule has 2 fully saturated rings. The molecule has 2 aliphatic rings. The average molecular weight is 614 g/mol. The smallest absolute Gasteiger partial charge is 0.146 e. The number of pyridine rings is 1. The summed E-state index contributed by atoms with van der Waals surface area (Å²) >= 11 is 6.59. The van der Waals surface area contributed by atoms with Gasteiger partial charge in [0.05, 0.1) is 21.8 Å². The Morgan fingerprint density at radius 3 is 2.44 bits per heavy atom. The summed E-state index contributed by atoms with van der Waals surface area (Å²) in [7, 11) is 0. The maximum absolute atomic E-state index is 9.90. The first-order valence-electron chi connectivity index (χ1n) is 15.8. The molecule has 0 bridgehead atoms. The van der Waals surface area contributed by atoms with Crippen molar-refractivity contribution in [2.75, 3.05) is 31.5 Å². The number of likely N-dealkylation sites (tertiary alicyclic amines) is 2. The second-order valence-electron chi connectivity index (χ2n) is 12.0. The van der Waals surface area contributed by atoms with Crippen LogP contribution in [0.25, 0.3) is 22.0 Å². The zero-order valence-electron chi connectivity index (χ0n) is 25.3. The van der Waals surface area contributed by atoms with E-state index >= 15 is 0 Å². The maximum atomic E-state index is 9.90. The number of nitriles is 1. The van der Waals surface area contributed by atoms with Gasteiger partial charge in [-0.1, -0.05) is 60.1 Å². The summed E-state index contributed by atoms with van der Waals surface area (Å²) in [6, 6.07) is 33.2. The van der Waals surface area contributed by atoms with Gasteiger partial charge in [-0.05, 0) is 111 Å². The fourth-order valence-corrected chi connectivity index (χ4v) is 6.89. The van der Waals surface area contributed by atoms with E-state index in [1.54, 1.807) is 6.20 Å². The van der Waals surface area contributed by atoms with Crippen molar-refractivity contribution in [3.63, 3.8) is 0 Å². The Bertz CT molecular complexity index is 1840. The number of para-hydroxylation sites is 1. The van der Waals surface area contributed by atoms with Crippen molar-refractivity contribution in [2.24, 2.45) is 0 Å². The third-order valence-electron chi connectivity index (χ3n) is 9.04. The lowest BCUT2D eigenvalue weighted by Crippen LogP contribution is -2.43. The fourth-order valence-electron chi connectivity index (χ4n) is 6.67. The molecule has 0 amide bonds. The molecule has 2 saturated heterocycles. The van der Waals surface area contributed by atoms with E-state index in [4.69, 9.17) is 16.3 Å². The molecule has 0 unspecified atom stereocenters. The lowest BCUT2D eigenvalue weighted by Gasteiger charge is -2.36. The summed E-state index contributed by atoms with van der Waals surface area (Å²) in [5.74, 6) is 1.28. The number of anilines is 2. The minimum atomic E-state index is 0.464. The Morgan fingerprint density at radius 2 is 1.67 bits per heavy atom. The molecular weight excluding hydrogens is 578 g/mol. The van der Waals surface area contributed by atoms with Gasteiger partial charge in [-0.15, -0.1) is 0 Å². The third-order valence-corrected chi connectivity index (χ3v) is 9.34. The highest BCUT2D eigenvalue weighted by molar-refractivity contribution is 6.32. The van der Waals surface area contributed by atoms with Gasteiger partial charge in [-0.3, -0.25) is 9.88 Å². The number of aromatic nitrogens is 1. The first-order chi connectivity index (χ1) is 22.1. The van der Waals surface area contributed by atoms with E-state index in [0.717, 1.165) is 47.8 Å². The maximum Gasteiger partial charge on any atom is 0.146 e. The zero-order valence-corrected chi connectivity index (χ0v) is 26.0. The van der Waals surface area contributed by atoms with Crippen LogP contribution >= 0.6 is 11.6 Å². The van der Waals surface area contributed by atoms with Gasteiger partial charge in [0.2, 0.25) is 0 Å². The Morgan fingerprint density at radius 1 is 0.867 bits per heavy atom. The van der Waals surface area contributed by atoms with Gasteiger partial charge in [0.1, 0.15) is 17.6 Å². The van der Waals surface area contributed by atoms with Crippen molar-refractivity contribution < 1.29 is 4.74 Å². The molecule has 4 aromatic carbocycles. The number of hydrogen-bond acceptors (Lipinski definition) is 6. The third kappa shape index (κ3) is 6.67. The van der Waals surface area contributed by atoms with Gasteiger partial charge in [-0.2, -0.15) is 5.26 Å². The van der Waals surface area contributed by atoms with Crippen molar-refractivity contribution in [3.8, 4) is 28.7 Å². The number of ether oxygens (including phenoxy) is 1. The summed E-state index contributed by atoms with van der Waals surface area (Å²) in [6.45, 7) is 5.87. The first-order valence-corrected chi connectivity index (χ1v) is 16.2. The molecule has 2 aliphatic heterocycles. The number of rotatable bonds is 8. The van der Waals surface area contributed by atoms with E-state index in [9.17, 15) is 5.26 Å². The molecule has 0 aliphatic carbocycles. The molecule has 226 valence electrons. The van der Waals surface area contributed by atoms with Crippen LogP contribution in [0.1, 0.15) is 36.8 Å². The Kier molecular flexibility index (Phi) is 8.66. The molecule has 0 radical (unpaired) electrons. The van der Waals surface area contributed by atoms with Crippen LogP contribution < -0.4 is 10.1 Å². The number of nitrogens with zero attached hydrogens (tertiary/aromatic N) is 4. The quantitative estimate of drug-likeness (QED) is 0.188. The lowest BCUT2D eigenvalue weighted by atomic mass is 9.99. The van der Waals surface area contributed by atoms with Crippen molar-refractivity contribution in [1.29, 1.82) is 5.26 Å². The van der Waals surface area contributed by atoms with E-state index in [1.165, 1.54) is 49.9 Å². The summed E-state index contributed by atoms with van der Waals surface area (Å²) < 4.78 is 5.93. The van der Waals surface area contributed by atoms with Crippen LogP contribution in [0.3, 0.4) is 0 Å². The monoisotopic (exact) mass is 613 g/mol. The van der Waals surface area contributed by atoms with Crippen molar-refractivity contribution >= 4 is 33.9 Å². The fraction of sp³-hybridized carbons (Fsp3) is 0.263.